The van der Waals surface area contributed by atoms with E-state index < -0.39 is 4.92 Å². The zero-order valence-electron chi connectivity index (χ0n) is 11.9. The smallest absolute Gasteiger partial charge is 0.280 e. The number of morpholine rings is 1. The van der Waals surface area contributed by atoms with Gasteiger partial charge in [-0.25, -0.2) is 0 Å². The van der Waals surface area contributed by atoms with E-state index in [0.29, 0.717) is 19.7 Å². The van der Waals surface area contributed by atoms with Crippen molar-refractivity contribution < 1.29 is 14.5 Å². The summed E-state index contributed by atoms with van der Waals surface area (Å²) in [5.41, 5.74) is 0.555. The van der Waals surface area contributed by atoms with Crippen molar-refractivity contribution in [2.24, 2.45) is 0 Å². The molecule has 0 spiro atoms. The van der Waals surface area contributed by atoms with Gasteiger partial charge in [-0.3, -0.25) is 14.9 Å². The van der Waals surface area contributed by atoms with Gasteiger partial charge < -0.3 is 9.64 Å². The molecule has 0 aromatic heterocycles. The molecule has 1 heterocycles. The summed E-state index contributed by atoms with van der Waals surface area (Å²) in [6.45, 7) is 7.32. The number of rotatable bonds is 3. The first-order chi connectivity index (χ1) is 9.30. The van der Waals surface area contributed by atoms with Gasteiger partial charge in [-0.15, -0.1) is 0 Å². The molecule has 1 aromatic carbocycles. The van der Waals surface area contributed by atoms with Crippen molar-refractivity contribution in [1.82, 2.24) is 0 Å². The van der Waals surface area contributed by atoms with Crippen LogP contribution in [0.5, 0.6) is 0 Å². The van der Waals surface area contributed by atoms with Crippen molar-refractivity contribution in [3.8, 4) is 0 Å². The average molecular weight is 278 g/mol. The highest BCUT2D eigenvalue weighted by Crippen LogP contribution is 2.28. The Morgan fingerprint density at radius 2 is 2.15 bits per heavy atom. The fraction of sp³-hybridized carbons (Fsp3) is 0.500. The first-order valence-corrected chi connectivity index (χ1v) is 6.48. The van der Waals surface area contributed by atoms with Crippen LogP contribution in [-0.2, 0) is 4.74 Å². The molecule has 1 aliphatic heterocycles. The number of nitro groups is 1. The van der Waals surface area contributed by atoms with E-state index in [-0.39, 0.29) is 22.6 Å². The number of hydrogen-bond acceptors (Lipinski definition) is 5. The van der Waals surface area contributed by atoms with E-state index in [1.165, 1.54) is 13.0 Å². The van der Waals surface area contributed by atoms with Gasteiger partial charge in [0.1, 0.15) is 0 Å². The van der Waals surface area contributed by atoms with Gasteiger partial charge in [0, 0.05) is 24.8 Å². The van der Waals surface area contributed by atoms with Gasteiger partial charge >= 0.3 is 0 Å². The van der Waals surface area contributed by atoms with E-state index in [1.54, 1.807) is 12.1 Å². The zero-order valence-corrected chi connectivity index (χ0v) is 11.9. The molecule has 1 aromatic rings. The molecule has 0 atom stereocenters. The molecule has 0 radical (unpaired) electrons. The van der Waals surface area contributed by atoms with Gasteiger partial charge in [0.25, 0.3) is 5.69 Å². The highest BCUT2D eigenvalue weighted by molar-refractivity contribution is 5.99. The minimum Gasteiger partial charge on any atom is -0.372 e. The highest BCUT2D eigenvalue weighted by Gasteiger charge is 2.28. The molecule has 20 heavy (non-hydrogen) atoms. The summed E-state index contributed by atoms with van der Waals surface area (Å²) in [7, 11) is 0. The van der Waals surface area contributed by atoms with Crippen LogP contribution < -0.4 is 4.90 Å². The topological polar surface area (TPSA) is 72.7 Å². The summed E-state index contributed by atoms with van der Waals surface area (Å²) in [5.74, 6) is -0.300. The van der Waals surface area contributed by atoms with Gasteiger partial charge in [-0.1, -0.05) is 0 Å². The van der Waals surface area contributed by atoms with Gasteiger partial charge in [-0.2, -0.15) is 0 Å². The lowest BCUT2D eigenvalue weighted by Gasteiger charge is -2.39. The molecule has 6 nitrogen and oxygen atoms in total. The van der Waals surface area contributed by atoms with Crippen LogP contribution in [0.3, 0.4) is 0 Å². The Labute approximate surface area is 117 Å². The van der Waals surface area contributed by atoms with Crippen LogP contribution in [0.15, 0.2) is 18.2 Å². The third kappa shape index (κ3) is 2.96. The first kappa shape index (κ1) is 14.5. The molecule has 108 valence electrons. The number of nitro benzene ring substituents is 1. The second-order valence-corrected chi connectivity index (χ2v) is 5.54. The molecule has 2 rings (SSSR count). The Bertz CT molecular complexity index is 554. The lowest BCUT2D eigenvalue weighted by atomic mass is 10.0. The second-order valence-electron chi connectivity index (χ2n) is 5.54. The van der Waals surface area contributed by atoms with Crippen LogP contribution in [-0.4, -0.2) is 36.0 Å². The molecule has 1 aliphatic rings. The SMILES string of the molecule is CC(=O)c1cc(N2CCOC(C)(C)C2)ccc1[N+](=O)[O-]. The highest BCUT2D eigenvalue weighted by atomic mass is 16.6. The van der Waals surface area contributed by atoms with Crippen molar-refractivity contribution in [3.63, 3.8) is 0 Å². The van der Waals surface area contributed by atoms with Crippen molar-refractivity contribution in [3.05, 3.63) is 33.9 Å². The van der Waals surface area contributed by atoms with E-state index in [9.17, 15) is 14.9 Å². The van der Waals surface area contributed by atoms with E-state index in [1.807, 2.05) is 13.8 Å². The van der Waals surface area contributed by atoms with Crippen LogP contribution in [0.2, 0.25) is 0 Å². The molecule has 0 bridgehead atoms. The first-order valence-electron chi connectivity index (χ1n) is 6.48. The lowest BCUT2D eigenvalue weighted by Crippen LogP contribution is -2.48. The molecule has 0 N–H and O–H groups in total. The summed E-state index contributed by atoms with van der Waals surface area (Å²) < 4.78 is 5.64. The Morgan fingerprint density at radius 1 is 1.45 bits per heavy atom. The molecule has 0 aliphatic carbocycles. The van der Waals surface area contributed by atoms with Crippen LogP contribution in [0.1, 0.15) is 31.1 Å². The van der Waals surface area contributed by atoms with Crippen LogP contribution >= 0.6 is 0 Å². The Morgan fingerprint density at radius 3 is 2.70 bits per heavy atom. The number of benzene rings is 1. The number of hydrogen-bond donors (Lipinski definition) is 0. The lowest BCUT2D eigenvalue weighted by molar-refractivity contribution is -0.385. The minimum atomic E-state index is -0.524. The zero-order chi connectivity index (χ0) is 14.9. The Balaban J connectivity index is 2.36. The maximum Gasteiger partial charge on any atom is 0.280 e. The fourth-order valence-electron chi connectivity index (χ4n) is 2.40. The van der Waals surface area contributed by atoms with E-state index >= 15 is 0 Å². The molecule has 1 saturated heterocycles. The van der Waals surface area contributed by atoms with Gasteiger partial charge in [0.15, 0.2) is 5.78 Å². The monoisotopic (exact) mass is 278 g/mol. The number of carbonyl (C=O) groups excluding carboxylic acids is 1. The fourth-order valence-corrected chi connectivity index (χ4v) is 2.40. The largest absolute Gasteiger partial charge is 0.372 e. The standard InChI is InChI=1S/C14H18N2O4/c1-10(17)12-8-11(4-5-13(12)16(18)19)15-6-7-20-14(2,3)9-15/h4-5,8H,6-7,9H2,1-3H3. The van der Waals surface area contributed by atoms with Crippen molar-refractivity contribution in [1.29, 1.82) is 0 Å². The maximum absolute atomic E-state index is 11.6. The molecule has 1 fully saturated rings. The predicted octanol–water partition coefficient (Wildman–Crippen LogP) is 2.41. The normalized spacial score (nSPS) is 17.9. The van der Waals surface area contributed by atoms with Crippen molar-refractivity contribution >= 4 is 17.2 Å². The second kappa shape index (κ2) is 5.20. The minimum absolute atomic E-state index is 0.145. The number of Topliss-reactive ketones (excluding diaryl/α,β-unsaturated/α-hetero) is 1. The predicted molar refractivity (Wildman–Crippen MR) is 75.3 cm³/mol. The van der Waals surface area contributed by atoms with Crippen LogP contribution in [0.4, 0.5) is 11.4 Å². The van der Waals surface area contributed by atoms with Gasteiger partial charge in [-0.05, 0) is 32.9 Å². The van der Waals surface area contributed by atoms with Crippen molar-refractivity contribution in [2.75, 3.05) is 24.6 Å². The summed E-state index contributed by atoms with van der Waals surface area (Å²) in [4.78, 5) is 24.1. The van der Waals surface area contributed by atoms with E-state index in [0.717, 1.165) is 5.69 Å². The third-order valence-corrected chi connectivity index (χ3v) is 3.35. The molecular weight excluding hydrogens is 260 g/mol. The van der Waals surface area contributed by atoms with Gasteiger partial charge in [0.2, 0.25) is 0 Å². The number of carbonyl (C=O) groups is 1. The molecule has 0 unspecified atom stereocenters. The van der Waals surface area contributed by atoms with Crippen LogP contribution in [0, 0.1) is 10.1 Å². The quantitative estimate of drug-likeness (QED) is 0.482. The Hall–Kier alpha value is -1.95. The Kier molecular flexibility index (Phi) is 3.76. The summed E-state index contributed by atoms with van der Waals surface area (Å²) >= 11 is 0. The number of ketones is 1. The average Bonchev–Trinajstić information content (AvgIpc) is 2.36. The molecule has 6 heteroatoms. The third-order valence-electron chi connectivity index (χ3n) is 3.35. The maximum atomic E-state index is 11.6. The van der Waals surface area contributed by atoms with Gasteiger partial charge in [0.05, 0.1) is 22.7 Å². The van der Waals surface area contributed by atoms with E-state index in [2.05, 4.69) is 4.90 Å². The summed E-state index contributed by atoms with van der Waals surface area (Å²) in [6.07, 6.45) is 0. The van der Waals surface area contributed by atoms with Crippen LogP contribution in [0.25, 0.3) is 0 Å². The van der Waals surface area contributed by atoms with E-state index in [4.69, 9.17) is 4.74 Å². The molecule has 0 amide bonds. The number of nitrogens with zero attached hydrogens (tertiary/aromatic N) is 2. The molecular formula is C14H18N2O4. The summed E-state index contributed by atoms with van der Waals surface area (Å²) in [5, 5.41) is 10.9. The number of ether oxygens (including phenoxy) is 1. The molecule has 0 saturated carbocycles. The number of anilines is 1. The van der Waals surface area contributed by atoms with Crippen molar-refractivity contribution in [2.45, 2.75) is 26.4 Å². The summed E-state index contributed by atoms with van der Waals surface area (Å²) in [6, 6.07) is 4.68.